The Hall–Kier alpha value is -7.77. The Morgan fingerprint density at radius 1 is 0.343 bits per heavy atom. The van der Waals surface area contributed by atoms with Crippen LogP contribution in [0.4, 0.5) is 11.4 Å². The molecule has 10 rings (SSSR count). The fourth-order valence-corrected chi connectivity index (χ4v) is 14.7. The molecular weight excluding hydrogens is 1280 g/mol. The third kappa shape index (κ3) is 19.7. The maximum absolute atomic E-state index is 7.70. The molecule has 0 amide bonds. The molecule has 0 N–H and O–H groups in total. The van der Waals surface area contributed by atoms with Gasteiger partial charge < -0.3 is 19.6 Å². The first-order valence-corrected chi connectivity index (χ1v) is 39.6. The van der Waals surface area contributed by atoms with Crippen LogP contribution in [0.1, 0.15) is 277 Å². The smallest absolute Gasteiger partial charge is 0.212 e. The van der Waals surface area contributed by atoms with Crippen LogP contribution in [0.5, 0.6) is 0 Å². The molecule has 0 spiro atoms. The molecule has 568 valence electrons. The second-order valence-corrected chi connectivity index (χ2v) is 33.3. The number of benzene rings is 5. The highest BCUT2D eigenvalue weighted by Crippen LogP contribution is 2.44. The van der Waals surface area contributed by atoms with Crippen molar-refractivity contribution in [3.05, 3.63) is 243 Å². The minimum atomic E-state index is -2.09. The highest BCUT2D eigenvalue weighted by molar-refractivity contribution is 5.66. The van der Waals surface area contributed by atoms with Crippen LogP contribution in [0.3, 0.4) is 0 Å². The van der Waals surface area contributed by atoms with Crippen LogP contribution in [-0.2, 0) is 53.6 Å². The number of aromatic nitrogens is 3. The number of rotatable bonds is 20. The molecule has 0 fully saturated rings. The van der Waals surface area contributed by atoms with Crippen LogP contribution in [0.25, 0.3) is 33.8 Å². The van der Waals surface area contributed by atoms with Gasteiger partial charge in [0.25, 0.3) is 0 Å². The van der Waals surface area contributed by atoms with Crippen molar-refractivity contribution in [2.45, 2.75) is 289 Å². The van der Waals surface area contributed by atoms with E-state index in [1.54, 1.807) is 12.3 Å². The Bertz CT molecular complexity index is 4480. The minimum Gasteiger partial charge on any atom is -0.359 e. The van der Waals surface area contributed by atoms with Gasteiger partial charge in [-0.15, -0.1) is 0 Å². The second-order valence-electron chi connectivity index (χ2n) is 33.3. The van der Waals surface area contributed by atoms with Gasteiger partial charge in [0.15, 0.2) is 18.6 Å². The lowest BCUT2D eigenvalue weighted by molar-refractivity contribution is -0.661. The van der Waals surface area contributed by atoms with Crippen LogP contribution < -0.4 is 23.5 Å². The second kappa shape index (κ2) is 36.2. The molecule has 5 heterocycles. The number of hydrogen-bond donors (Lipinski definition) is 0. The summed E-state index contributed by atoms with van der Waals surface area (Å²) in [4.78, 5) is 7.85. The topological polar surface area (TPSA) is 24.6 Å². The molecule has 8 aromatic rings. The van der Waals surface area contributed by atoms with Gasteiger partial charge in [-0.1, -0.05) is 215 Å². The lowest BCUT2D eigenvalue weighted by Crippen LogP contribution is -2.37. The Kier molecular flexibility index (Phi) is 26.5. The van der Waals surface area contributed by atoms with Gasteiger partial charge in [-0.25, -0.2) is 13.7 Å². The molecular formula is C98H144N7+3. The molecule has 2 aliphatic heterocycles. The first-order valence-electron chi connectivity index (χ1n) is 42.6. The Balaban J connectivity index is 0.000000221. The summed E-state index contributed by atoms with van der Waals surface area (Å²) in [6.45, 7) is 54.8. The fraction of sp³-hybridized carbons (Fsp3) is 0.500. The van der Waals surface area contributed by atoms with Crippen molar-refractivity contribution in [3.8, 4) is 33.8 Å². The summed E-state index contributed by atoms with van der Waals surface area (Å²) in [6.07, 6.45) is 25.2. The van der Waals surface area contributed by atoms with E-state index >= 15 is 0 Å². The zero-order valence-corrected chi connectivity index (χ0v) is 71.3. The van der Waals surface area contributed by atoms with E-state index in [-0.39, 0.29) is 38.7 Å². The van der Waals surface area contributed by atoms with E-state index in [1.807, 2.05) is 68.3 Å². The molecule has 0 radical (unpaired) electrons. The Labute approximate surface area is 651 Å². The van der Waals surface area contributed by atoms with Crippen LogP contribution in [0.15, 0.2) is 171 Å². The van der Waals surface area contributed by atoms with E-state index in [0.717, 1.165) is 60.2 Å². The largest absolute Gasteiger partial charge is 0.359 e. The summed E-state index contributed by atoms with van der Waals surface area (Å²) in [5.41, 5.74) is 27.6. The molecule has 2 atom stereocenters. The molecule has 5 aromatic carbocycles. The molecule has 0 saturated carbocycles. The lowest BCUT2D eigenvalue weighted by Gasteiger charge is -2.34. The summed E-state index contributed by atoms with van der Waals surface area (Å²) in [5, 5.41) is 0. The molecule has 0 bridgehead atoms. The quantitative estimate of drug-likeness (QED) is 0.0710. The fourth-order valence-electron chi connectivity index (χ4n) is 14.7. The zero-order valence-electron chi connectivity index (χ0n) is 77.3. The van der Waals surface area contributed by atoms with Crippen molar-refractivity contribution in [1.82, 2.24) is 9.80 Å². The highest BCUT2D eigenvalue weighted by atomic mass is 15.4. The Morgan fingerprint density at radius 2 is 0.648 bits per heavy atom. The number of hydrogen-bond acceptors (Lipinski definition) is 4. The Morgan fingerprint density at radius 3 is 0.943 bits per heavy atom. The number of aryl methyl sites for hydroxylation is 10. The van der Waals surface area contributed by atoms with Gasteiger partial charge >= 0.3 is 0 Å². The maximum atomic E-state index is 7.70. The molecule has 2 aliphatic rings. The van der Waals surface area contributed by atoms with E-state index in [9.17, 15) is 0 Å². The van der Waals surface area contributed by atoms with Gasteiger partial charge in [-0.3, -0.25) is 0 Å². The molecule has 3 aromatic heterocycles. The van der Waals surface area contributed by atoms with Crippen LogP contribution in [-0.4, -0.2) is 36.2 Å². The summed E-state index contributed by atoms with van der Waals surface area (Å²) in [6, 6.07) is 44.7. The number of para-hydroxylation sites is 2. The van der Waals surface area contributed by atoms with Gasteiger partial charge in [-0.05, 0) is 227 Å². The maximum Gasteiger partial charge on any atom is 0.212 e. The normalized spacial score (nSPS) is 15.8. The first-order chi connectivity index (χ1) is 51.7. The monoisotopic (exact) mass is 1430 g/mol. The summed E-state index contributed by atoms with van der Waals surface area (Å²) in [5.74, 6) is 0. The highest BCUT2D eigenvalue weighted by Gasteiger charge is 2.39. The number of pyridine rings is 3. The molecule has 2 unspecified atom stereocenters. The van der Waals surface area contributed by atoms with Crippen molar-refractivity contribution in [1.29, 1.82) is 0 Å². The summed E-state index contributed by atoms with van der Waals surface area (Å²) >= 11 is 0. The van der Waals surface area contributed by atoms with E-state index in [4.69, 9.17) is 8.22 Å². The van der Waals surface area contributed by atoms with Crippen LogP contribution >= 0.6 is 0 Å². The predicted octanol–water partition coefficient (Wildman–Crippen LogP) is 24.5. The molecule has 105 heavy (non-hydrogen) atoms. The van der Waals surface area contributed by atoms with Crippen molar-refractivity contribution in [2.75, 3.05) is 23.8 Å². The zero-order chi connectivity index (χ0) is 83.5. The summed E-state index contributed by atoms with van der Waals surface area (Å²) in [7, 11) is 8.59. The average Bonchev–Trinajstić information content (AvgIpc) is 1.67. The van der Waals surface area contributed by atoms with Gasteiger partial charge in [0.1, 0.15) is 33.5 Å². The first kappa shape index (κ1) is 76.9. The SMILES string of the molecule is CCC(C)(C)c1cc(-c2ccc(C)cc2C)[n+](C)cc1C(C)(CC)CC.CCC(C)(C)c1cc(-c2ccccc2C)[n+](C)cc1C(C)(CC)CC.Cc1ccccc1N1C=CN(C)C1C.[2H]C([2H])([2H])N1C=CN(c2ccccc2C)C1C.[2H]C([2H])([2H])c1ccc(-c2cc(C(C)(C)CC)c(C(C)(CC)CC)c[n+]2C)c(C)c1. The van der Waals surface area contributed by atoms with Gasteiger partial charge in [-0.2, -0.15) is 0 Å². The van der Waals surface area contributed by atoms with Gasteiger partial charge in [0.05, 0.1) is 0 Å². The third-order valence-electron chi connectivity index (χ3n) is 25.3. The van der Waals surface area contributed by atoms with E-state index in [2.05, 4.69) is 327 Å². The standard InChI is InChI=1S/2C25H38N.C24H36N.2C12H16N2/c2*1-10-24(6,7)21-16-23(20-14-13-18(4)15-19(20)5)26(9)17-22(21)25(8,11-2)12-3;1-9-23(5,6)20-16-22(19-15-13-12-14-18(19)4)25(8)17-21(20)24(7,10-2)11-3;2*1-10-6-4-5-7-12(10)14-9-8-13(3)11(14)2/h2*13-17H,10-12H2,1-9H3;12-17H,9-11H2,1-8H3;2*4-9,11H,1-3H3/q3*+1;;/i4D3;;;3D3;. The van der Waals surface area contributed by atoms with Gasteiger partial charge in [0.2, 0.25) is 17.1 Å². The van der Waals surface area contributed by atoms with Crippen molar-refractivity contribution in [3.63, 3.8) is 0 Å². The van der Waals surface area contributed by atoms with E-state index in [1.165, 1.54) is 114 Å². The molecule has 0 aliphatic carbocycles. The van der Waals surface area contributed by atoms with E-state index < -0.39 is 13.8 Å². The third-order valence-corrected chi connectivity index (χ3v) is 25.3. The number of nitrogens with zero attached hydrogens (tertiary/aromatic N) is 7. The van der Waals surface area contributed by atoms with Crippen molar-refractivity contribution >= 4 is 11.4 Å². The van der Waals surface area contributed by atoms with E-state index in [0.29, 0.717) is 11.7 Å². The molecule has 7 nitrogen and oxygen atoms in total. The molecule has 0 saturated heterocycles. The average molecular weight is 1430 g/mol. The van der Waals surface area contributed by atoms with Crippen molar-refractivity contribution in [2.24, 2.45) is 21.1 Å². The minimum absolute atomic E-state index is 0.0660. The van der Waals surface area contributed by atoms with Crippen LogP contribution in [0.2, 0.25) is 0 Å². The summed E-state index contributed by atoms with van der Waals surface area (Å²) < 4.78 is 52.3. The lowest BCUT2D eigenvalue weighted by atomic mass is 9.70. The van der Waals surface area contributed by atoms with Crippen molar-refractivity contribution < 1.29 is 21.9 Å². The number of anilines is 2. The molecule has 7 heteroatoms. The predicted molar refractivity (Wildman–Crippen MR) is 457 cm³/mol. The van der Waals surface area contributed by atoms with Crippen LogP contribution in [0, 0.1) is 48.4 Å². The van der Waals surface area contributed by atoms with Gasteiger partial charge in [0, 0.05) is 110 Å².